The lowest BCUT2D eigenvalue weighted by Gasteiger charge is -2.16. The number of benzene rings is 1. The maximum absolute atomic E-state index is 4.67. The van der Waals surface area contributed by atoms with E-state index >= 15 is 0 Å². The summed E-state index contributed by atoms with van der Waals surface area (Å²) in [6.07, 6.45) is 6.80. The van der Waals surface area contributed by atoms with Gasteiger partial charge in [0.2, 0.25) is 0 Å². The van der Waals surface area contributed by atoms with Gasteiger partial charge < -0.3 is 0 Å². The van der Waals surface area contributed by atoms with Crippen molar-refractivity contribution < 1.29 is 0 Å². The minimum atomic E-state index is 0.542. The number of rotatable bonds is 7. The third-order valence-corrected chi connectivity index (χ3v) is 5.10. The number of fused-ring (bicyclic) bond motifs is 1. The normalized spacial score (nSPS) is 12.6. The van der Waals surface area contributed by atoms with Crippen molar-refractivity contribution in [2.75, 3.05) is 7.05 Å². The van der Waals surface area contributed by atoms with Crippen LogP contribution in [0.5, 0.6) is 0 Å². The molecule has 1 aromatic carbocycles. The molecule has 25 heavy (non-hydrogen) atoms. The van der Waals surface area contributed by atoms with Crippen LogP contribution in [0.3, 0.4) is 0 Å². The molecule has 1 atom stereocenters. The van der Waals surface area contributed by atoms with E-state index in [1.54, 1.807) is 11.8 Å². The molecule has 3 aromatic rings. The fraction of sp³-hybridized carbons (Fsp3) is 0.368. The Balaban J connectivity index is 1.60. The predicted molar refractivity (Wildman–Crippen MR) is 102 cm³/mol. The van der Waals surface area contributed by atoms with Crippen molar-refractivity contribution in [2.45, 2.75) is 43.8 Å². The lowest BCUT2D eigenvalue weighted by Crippen LogP contribution is -2.18. The van der Waals surface area contributed by atoms with E-state index in [0.717, 1.165) is 47.0 Å². The van der Waals surface area contributed by atoms with E-state index in [-0.39, 0.29) is 0 Å². The number of nitrogens with zero attached hydrogens (tertiary/aromatic N) is 5. The summed E-state index contributed by atoms with van der Waals surface area (Å²) in [6, 6.07) is 7.94. The van der Waals surface area contributed by atoms with Gasteiger partial charge in [-0.1, -0.05) is 37.7 Å². The van der Waals surface area contributed by atoms with Gasteiger partial charge in [-0.3, -0.25) is 9.88 Å². The molecule has 0 aliphatic rings. The minimum Gasteiger partial charge on any atom is -0.296 e. The largest absolute Gasteiger partial charge is 0.296 e. The molecule has 6 heteroatoms. The van der Waals surface area contributed by atoms with Gasteiger partial charge in [-0.2, -0.15) is 0 Å². The zero-order chi connectivity index (χ0) is 17.6. The van der Waals surface area contributed by atoms with Crippen molar-refractivity contribution in [1.82, 2.24) is 24.8 Å². The molecule has 0 saturated carbocycles. The van der Waals surface area contributed by atoms with Crippen molar-refractivity contribution in [3.8, 4) is 0 Å². The topological polar surface area (TPSA) is 54.8 Å². The van der Waals surface area contributed by atoms with Gasteiger partial charge >= 0.3 is 0 Å². The van der Waals surface area contributed by atoms with Crippen LogP contribution >= 0.6 is 11.8 Å². The van der Waals surface area contributed by atoms with E-state index in [2.05, 4.69) is 45.7 Å². The van der Waals surface area contributed by atoms with Crippen LogP contribution in [0, 0.1) is 0 Å². The zero-order valence-corrected chi connectivity index (χ0v) is 15.7. The molecular weight excluding hydrogens is 330 g/mol. The van der Waals surface area contributed by atoms with Gasteiger partial charge in [0.05, 0.1) is 22.9 Å². The molecule has 0 aliphatic carbocycles. The monoisotopic (exact) mass is 353 g/mol. The molecule has 1 unspecified atom stereocenters. The van der Waals surface area contributed by atoms with Gasteiger partial charge in [0.25, 0.3) is 0 Å². The Labute approximate surface area is 152 Å². The molecule has 0 amide bonds. The predicted octanol–water partition coefficient (Wildman–Crippen LogP) is 3.94. The number of thioether (sulfide) groups is 1. The Morgan fingerprint density at radius 2 is 1.72 bits per heavy atom. The van der Waals surface area contributed by atoms with Crippen LogP contribution in [-0.2, 0) is 13.1 Å². The molecular formula is C19H23N5S. The van der Waals surface area contributed by atoms with Crippen molar-refractivity contribution in [1.29, 1.82) is 0 Å². The Kier molecular flexibility index (Phi) is 5.94. The third-order valence-electron chi connectivity index (χ3n) is 3.95. The van der Waals surface area contributed by atoms with Crippen LogP contribution < -0.4 is 0 Å². The first kappa shape index (κ1) is 17.8. The van der Waals surface area contributed by atoms with Crippen LogP contribution in [0.25, 0.3) is 11.0 Å². The first-order valence-corrected chi connectivity index (χ1v) is 9.38. The molecule has 5 nitrogen and oxygen atoms in total. The second kappa shape index (κ2) is 8.36. The second-order valence-corrected chi connectivity index (χ2v) is 7.64. The standard InChI is InChI=1S/C19H23N5S/c1-4-14(2)25-19-21-9-15(10-22-19)12-24(3)13-16-11-20-17-7-5-6-8-18(17)23-16/h5-11,14H,4,12-13H2,1-3H3. The van der Waals surface area contributed by atoms with Crippen LogP contribution in [0.2, 0.25) is 0 Å². The van der Waals surface area contributed by atoms with E-state index in [0.29, 0.717) is 5.25 Å². The molecule has 0 radical (unpaired) electrons. The zero-order valence-electron chi connectivity index (χ0n) is 14.9. The summed E-state index contributed by atoms with van der Waals surface area (Å²) in [4.78, 5) is 20.3. The van der Waals surface area contributed by atoms with Crippen LogP contribution in [0.1, 0.15) is 31.5 Å². The SMILES string of the molecule is CCC(C)Sc1ncc(CN(C)Cc2cnc3ccccc3n2)cn1. The third kappa shape index (κ3) is 4.96. The highest BCUT2D eigenvalue weighted by Crippen LogP contribution is 2.21. The molecule has 2 aromatic heterocycles. The van der Waals surface area contributed by atoms with Gasteiger partial charge in [0.1, 0.15) is 0 Å². The van der Waals surface area contributed by atoms with E-state index in [9.17, 15) is 0 Å². The number of hydrogen-bond acceptors (Lipinski definition) is 6. The Morgan fingerprint density at radius 3 is 2.44 bits per heavy atom. The Morgan fingerprint density at radius 1 is 1.00 bits per heavy atom. The molecule has 0 fully saturated rings. The number of hydrogen-bond donors (Lipinski definition) is 0. The van der Waals surface area contributed by atoms with Crippen molar-refractivity contribution in [2.24, 2.45) is 0 Å². The van der Waals surface area contributed by atoms with Gasteiger partial charge in [-0.15, -0.1) is 0 Å². The summed E-state index contributed by atoms with van der Waals surface area (Å²) < 4.78 is 0. The molecule has 2 heterocycles. The Bertz CT molecular complexity index is 821. The fourth-order valence-electron chi connectivity index (χ4n) is 2.46. The van der Waals surface area contributed by atoms with Crippen molar-refractivity contribution >= 4 is 22.8 Å². The smallest absolute Gasteiger partial charge is 0.187 e. The first-order valence-electron chi connectivity index (χ1n) is 8.51. The number of para-hydroxylation sites is 2. The van der Waals surface area contributed by atoms with Crippen LogP contribution in [0.15, 0.2) is 48.0 Å². The van der Waals surface area contributed by atoms with Crippen molar-refractivity contribution in [3.63, 3.8) is 0 Å². The second-order valence-electron chi connectivity index (χ2n) is 6.23. The summed E-state index contributed by atoms with van der Waals surface area (Å²) in [5.74, 6) is 0. The highest BCUT2D eigenvalue weighted by atomic mass is 32.2. The van der Waals surface area contributed by atoms with E-state index < -0.39 is 0 Å². The van der Waals surface area contributed by atoms with Gasteiger partial charge in [-0.05, 0) is 25.6 Å². The minimum absolute atomic E-state index is 0.542. The molecule has 0 N–H and O–H groups in total. The lowest BCUT2D eigenvalue weighted by molar-refractivity contribution is 0.314. The summed E-state index contributed by atoms with van der Waals surface area (Å²) >= 11 is 1.72. The van der Waals surface area contributed by atoms with E-state index in [4.69, 9.17) is 0 Å². The maximum atomic E-state index is 4.67. The molecule has 0 saturated heterocycles. The van der Waals surface area contributed by atoms with Gasteiger partial charge in [0, 0.05) is 36.3 Å². The fourth-order valence-corrected chi connectivity index (χ4v) is 3.22. The van der Waals surface area contributed by atoms with E-state index in [1.165, 1.54) is 0 Å². The highest BCUT2D eigenvalue weighted by molar-refractivity contribution is 7.99. The maximum Gasteiger partial charge on any atom is 0.187 e. The quantitative estimate of drug-likeness (QED) is 0.474. The summed E-state index contributed by atoms with van der Waals surface area (Å²) in [5, 5.41) is 1.39. The molecule has 0 aliphatic heterocycles. The molecule has 0 spiro atoms. The van der Waals surface area contributed by atoms with E-state index in [1.807, 2.05) is 42.9 Å². The van der Waals surface area contributed by atoms with Crippen LogP contribution in [-0.4, -0.2) is 37.1 Å². The summed E-state index contributed by atoms with van der Waals surface area (Å²) in [5.41, 5.74) is 3.93. The van der Waals surface area contributed by atoms with Crippen molar-refractivity contribution in [3.05, 3.63) is 54.1 Å². The van der Waals surface area contributed by atoms with Gasteiger partial charge in [0.15, 0.2) is 5.16 Å². The molecule has 3 rings (SSSR count). The average Bonchev–Trinajstić information content (AvgIpc) is 2.63. The summed E-state index contributed by atoms with van der Waals surface area (Å²) in [6.45, 7) is 5.89. The molecule has 0 bridgehead atoms. The van der Waals surface area contributed by atoms with Gasteiger partial charge in [-0.25, -0.2) is 15.0 Å². The lowest BCUT2D eigenvalue weighted by atomic mass is 10.3. The number of aromatic nitrogens is 4. The average molecular weight is 353 g/mol. The highest BCUT2D eigenvalue weighted by Gasteiger charge is 2.07. The molecule has 130 valence electrons. The first-order chi connectivity index (χ1) is 12.1. The summed E-state index contributed by atoms with van der Waals surface area (Å²) in [7, 11) is 2.07. The Hall–Kier alpha value is -2.05. The van der Waals surface area contributed by atoms with Crippen LogP contribution in [0.4, 0.5) is 0 Å².